The van der Waals surface area contributed by atoms with Gasteiger partial charge in [0.15, 0.2) is 0 Å². The molecule has 18 heavy (non-hydrogen) atoms. The molecule has 4 N–H and O–H groups in total. The molecule has 0 saturated heterocycles. The van der Waals surface area contributed by atoms with Gasteiger partial charge in [-0.05, 0) is 18.6 Å². The van der Waals surface area contributed by atoms with Crippen molar-refractivity contribution < 1.29 is 4.79 Å². The van der Waals surface area contributed by atoms with Crippen LogP contribution >= 0.6 is 11.3 Å². The second-order valence-electron chi connectivity index (χ2n) is 3.39. The zero-order valence-corrected chi connectivity index (χ0v) is 10.5. The topological polar surface area (TPSA) is 106 Å². The third kappa shape index (κ3) is 2.79. The Labute approximate surface area is 107 Å². The number of pyridine rings is 1. The first-order valence-electron chi connectivity index (χ1n) is 5.29. The highest BCUT2D eigenvalue weighted by atomic mass is 32.1. The van der Waals surface area contributed by atoms with Crippen LogP contribution in [0.5, 0.6) is 0 Å². The van der Waals surface area contributed by atoms with Gasteiger partial charge in [-0.1, -0.05) is 18.3 Å². The lowest BCUT2D eigenvalue weighted by Gasteiger charge is -2.02. The van der Waals surface area contributed by atoms with Crippen LogP contribution in [0, 0.1) is 0 Å². The van der Waals surface area contributed by atoms with Gasteiger partial charge in [0, 0.05) is 6.20 Å². The van der Waals surface area contributed by atoms with Crippen molar-refractivity contribution in [3.8, 4) is 0 Å². The number of amides is 1. The highest BCUT2D eigenvalue weighted by molar-refractivity contribution is 7.15. The van der Waals surface area contributed by atoms with Crippen molar-refractivity contribution >= 4 is 28.2 Å². The second kappa shape index (κ2) is 5.52. The average molecular weight is 264 g/mol. The van der Waals surface area contributed by atoms with Crippen LogP contribution in [0.3, 0.4) is 0 Å². The Bertz CT molecular complexity index is 538. The zero-order chi connectivity index (χ0) is 13.0. The molecule has 1 amide bonds. The van der Waals surface area contributed by atoms with Crippen molar-refractivity contribution in [2.24, 2.45) is 5.84 Å². The van der Waals surface area contributed by atoms with Gasteiger partial charge < -0.3 is 5.43 Å². The number of nitrogens with two attached hydrogens (primary N) is 1. The third-order valence-corrected chi connectivity index (χ3v) is 3.15. The third-order valence-electron chi connectivity index (χ3n) is 2.16. The minimum Gasteiger partial charge on any atom is -0.308 e. The van der Waals surface area contributed by atoms with Crippen LogP contribution in [-0.4, -0.2) is 21.1 Å². The molecule has 2 heterocycles. The Morgan fingerprint density at radius 1 is 1.44 bits per heavy atom. The molecule has 7 nitrogen and oxygen atoms in total. The van der Waals surface area contributed by atoms with E-state index >= 15 is 0 Å². The summed E-state index contributed by atoms with van der Waals surface area (Å²) in [6.07, 6.45) is 2.23. The number of nitrogen functional groups attached to an aromatic ring is 1. The van der Waals surface area contributed by atoms with E-state index in [1.54, 1.807) is 12.1 Å². The van der Waals surface area contributed by atoms with E-state index in [2.05, 4.69) is 25.9 Å². The first-order valence-corrected chi connectivity index (χ1v) is 6.11. The Balaban J connectivity index is 2.06. The summed E-state index contributed by atoms with van der Waals surface area (Å²) in [5, 5.41) is 11.8. The van der Waals surface area contributed by atoms with Crippen LogP contribution in [-0.2, 0) is 6.42 Å². The summed E-state index contributed by atoms with van der Waals surface area (Å²) in [6, 6.07) is 3.24. The molecule has 0 unspecified atom stereocenters. The van der Waals surface area contributed by atoms with Crippen LogP contribution < -0.4 is 16.6 Å². The van der Waals surface area contributed by atoms with Gasteiger partial charge in [-0.2, -0.15) is 0 Å². The minimum atomic E-state index is -0.273. The van der Waals surface area contributed by atoms with E-state index in [1.807, 2.05) is 6.92 Å². The quantitative estimate of drug-likeness (QED) is 0.562. The fourth-order valence-corrected chi connectivity index (χ4v) is 1.90. The molecule has 0 aliphatic carbocycles. The van der Waals surface area contributed by atoms with Crippen LogP contribution in [0.15, 0.2) is 18.3 Å². The number of anilines is 2. The second-order valence-corrected chi connectivity index (χ2v) is 4.45. The van der Waals surface area contributed by atoms with Gasteiger partial charge in [0.2, 0.25) is 5.13 Å². The van der Waals surface area contributed by atoms with Crippen molar-refractivity contribution in [1.29, 1.82) is 0 Å². The lowest BCUT2D eigenvalue weighted by Crippen LogP contribution is -2.13. The van der Waals surface area contributed by atoms with E-state index in [9.17, 15) is 4.79 Å². The van der Waals surface area contributed by atoms with E-state index in [0.29, 0.717) is 16.5 Å². The van der Waals surface area contributed by atoms with Gasteiger partial charge in [-0.15, -0.1) is 10.2 Å². The van der Waals surface area contributed by atoms with Gasteiger partial charge in [-0.3, -0.25) is 10.1 Å². The molecular formula is C10H12N6OS. The van der Waals surface area contributed by atoms with Gasteiger partial charge >= 0.3 is 0 Å². The van der Waals surface area contributed by atoms with E-state index < -0.39 is 0 Å². The molecule has 0 fully saturated rings. The summed E-state index contributed by atoms with van der Waals surface area (Å²) in [5.41, 5.74) is 2.82. The number of rotatable bonds is 4. The number of aromatic nitrogens is 3. The molecule has 8 heteroatoms. The summed E-state index contributed by atoms with van der Waals surface area (Å²) in [4.78, 5) is 15.8. The maximum atomic E-state index is 11.8. The number of nitrogens with zero attached hydrogens (tertiary/aromatic N) is 3. The molecular weight excluding hydrogens is 252 g/mol. The maximum absolute atomic E-state index is 11.8. The molecule has 2 aromatic rings. The van der Waals surface area contributed by atoms with Crippen LogP contribution in [0.1, 0.15) is 22.3 Å². The van der Waals surface area contributed by atoms with Gasteiger partial charge in [0.25, 0.3) is 5.91 Å². The Morgan fingerprint density at radius 2 is 2.28 bits per heavy atom. The summed E-state index contributed by atoms with van der Waals surface area (Å²) in [5.74, 6) is 5.41. The fourth-order valence-electron chi connectivity index (χ4n) is 1.23. The number of nitrogens with one attached hydrogen (secondary N) is 2. The van der Waals surface area contributed by atoms with E-state index in [1.165, 1.54) is 17.5 Å². The molecule has 2 aromatic heterocycles. The molecule has 0 radical (unpaired) electrons. The van der Waals surface area contributed by atoms with Crippen molar-refractivity contribution in [3.05, 3.63) is 28.9 Å². The van der Waals surface area contributed by atoms with Gasteiger partial charge in [-0.25, -0.2) is 10.8 Å². The van der Waals surface area contributed by atoms with Crippen molar-refractivity contribution in [2.45, 2.75) is 13.3 Å². The first-order chi connectivity index (χ1) is 8.72. The summed E-state index contributed by atoms with van der Waals surface area (Å²) < 4.78 is 0. The molecule has 0 aliphatic heterocycles. The first kappa shape index (κ1) is 12.4. The molecule has 0 aromatic carbocycles. The SMILES string of the molecule is CCc1nnc(NC(=O)c2ccc(NN)nc2)s1. The van der Waals surface area contributed by atoms with Crippen LogP contribution in [0.2, 0.25) is 0 Å². The van der Waals surface area contributed by atoms with E-state index in [-0.39, 0.29) is 5.91 Å². The average Bonchev–Trinajstić information content (AvgIpc) is 2.86. The molecule has 0 aliphatic rings. The van der Waals surface area contributed by atoms with Crippen molar-refractivity contribution in [3.63, 3.8) is 0 Å². The van der Waals surface area contributed by atoms with E-state index in [0.717, 1.165) is 11.4 Å². The summed E-state index contributed by atoms with van der Waals surface area (Å²) >= 11 is 1.36. The lowest BCUT2D eigenvalue weighted by atomic mass is 10.2. The summed E-state index contributed by atoms with van der Waals surface area (Å²) in [7, 11) is 0. The molecule has 0 bridgehead atoms. The largest absolute Gasteiger partial charge is 0.308 e. The molecule has 2 rings (SSSR count). The van der Waals surface area contributed by atoms with Crippen LogP contribution in [0.4, 0.5) is 10.9 Å². The molecule has 0 atom stereocenters. The van der Waals surface area contributed by atoms with Crippen LogP contribution in [0.25, 0.3) is 0 Å². The minimum absolute atomic E-state index is 0.273. The highest BCUT2D eigenvalue weighted by Crippen LogP contribution is 2.16. The zero-order valence-electron chi connectivity index (χ0n) is 9.67. The Hall–Kier alpha value is -2.06. The maximum Gasteiger partial charge on any atom is 0.259 e. The van der Waals surface area contributed by atoms with Crippen molar-refractivity contribution in [2.75, 3.05) is 10.7 Å². The summed E-state index contributed by atoms with van der Waals surface area (Å²) in [6.45, 7) is 1.98. The Kier molecular flexibility index (Phi) is 3.80. The standard InChI is InChI=1S/C10H12N6OS/c1-2-8-15-16-10(18-8)13-9(17)6-3-4-7(14-11)12-5-6/h3-5H,2,11H2,1H3,(H,12,14)(H,13,16,17). The number of hydrogen-bond donors (Lipinski definition) is 3. The smallest absolute Gasteiger partial charge is 0.259 e. The predicted octanol–water partition coefficient (Wildman–Crippen LogP) is 1.03. The number of carbonyl (C=O) groups excluding carboxylic acids is 1. The fraction of sp³-hybridized carbons (Fsp3) is 0.200. The van der Waals surface area contributed by atoms with Crippen molar-refractivity contribution in [1.82, 2.24) is 15.2 Å². The number of carbonyl (C=O) groups is 1. The van der Waals surface area contributed by atoms with Gasteiger partial charge in [0.05, 0.1) is 5.56 Å². The number of hydrogen-bond acceptors (Lipinski definition) is 7. The highest BCUT2D eigenvalue weighted by Gasteiger charge is 2.09. The van der Waals surface area contributed by atoms with Gasteiger partial charge in [0.1, 0.15) is 10.8 Å². The van der Waals surface area contributed by atoms with E-state index in [4.69, 9.17) is 5.84 Å². The number of aryl methyl sites for hydroxylation is 1. The normalized spacial score (nSPS) is 10.1. The number of hydrazine groups is 1. The molecule has 0 spiro atoms. The predicted molar refractivity (Wildman–Crippen MR) is 69.3 cm³/mol. The lowest BCUT2D eigenvalue weighted by molar-refractivity contribution is 0.102. The molecule has 94 valence electrons. The Morgan fingerprint density at radius 3 is 2.83 bits per heavy atom. The monoisotopic (exact) mass is 264 g/mol. The molecule has 0 saturated carbocycles.